The van der Waals surface area contributed by atoms with Gasteiger partial charge in [0.2, 0.25) is 5.91 Å². The highest BCUT2D eigenvalue weighted by Gasteiger charge is 2.21. The van der Waals surface area contributed by atoms with Crippen LogP contribution in [0.2, 0.25) is 5.02 Å². The van der Waals surface area contributed by atoms with Crippen molar-refractivity contribution in [3.63, 3.8) is 0 Å². The number of thiocarbonyl (C=S) groups is 1. The number of carbonyl (C=O) groups excluding carboxylic acids is 1. The second-order valence-electron chi connectivity index (χ2n) is 6.84. The third-order valence-corrected chi connectivity index (χ3v) is 5.20. The number of nitrogens with one attached hydrogen (secondary N) is 2. The van der Waals surface area contributed by atoms with Gasteiger partial charge in [-0.2, -0.15) is 0 Å². The lowest BCUT2D eigenvalue weighted by atomic mass is 10.1. The highest BCUT2D eigenvalue weighted by molar-refractivity contribution is 7.80. The minimum Gasteiger partial charge on any atom is -0.355 e. The van der Waals surface area contributed by atoms with E-state index < -0.39 is 0 Å². The van der Waals surface area contributed by atoms with Crippen LogP contribution in [0.5, 0.6) is 0 Å². The Morgan fingerprint density at radius 1 is 1.23 bits per heavy atom. The van der Waals surface area contributed by atoms with Gasteiger partial charge < -0.3 is 15.5 Å². The van der Waals surface area contributed by atoms with E-state index in [2.05, 4.69) is 33.4 Å². The summed E-state index contributed by atoms with van der Waals surface area (Å²) in [5, 5.41) is 7.63. The molecule has 2 rings (SSSR count). The van der Waals surface area contributed by atoms with Gasteiger partial charge in [0.25, 0.3) is 0 Å². The van der Waals surface area contributed by atoms with Gasteiger partial charge in [0.05, 0.1) is 17.3 Å². The molecule has 1 aliphatic heterocycles. The molecule has 26 heavy (non-hydrogen) atoms. The third-order valence-electron chi connectivity index (χ3n) is 4.54. The normalized spacial score (nSPS) is 15.0. The molecule has 1 heterocycles. The highest BCUT2D eigenvalue weighted by Crippen LogP contribution is 2.27. The van der Waals surface area contributed by atoms with E-state index in [1.54, 1.807) is 0 Å². The first-order valence-electron chi connectivity index (χ1n) is 9.22. The molecule has 0 atom stereocenters. The zero-order valence-corrected chi connectivity index (χ0v) is 17.5. The van der Waals surface area contributed by atoms with Gasteiger partial charge in [0.1, 0.15) is 0 Å². The van der Waals surface area contributed by atoms with E-state index in [-0.39, 0.29) is 5.91 Å². The van der Waals surface area contributed by atoms with Crippen LogP contribution in [0, 0.1) is 13.8 Å². The van der Waals surface area contributed by atoms with Crippen LogP contribution in [0.25, 0.3) is 0 Å². The summed E-state index contributed by atoms with van der Waals surface area (Å²) >= 11 is 11.9. The Balaban J connectivity index is 1.80. The van der Waals surface area contributed by atoms with Crippen LogP contribution in [-0.2, 0) is 4.79 Å². The number of piperazine rings is 1. The molecule has 0 aromatic heterocycles. The fourth-order valence-corrected chi connectivity index (χ4v) is 3.69. The zero-order valence-electron chi connectivity index (χ0n) is 15.9. The standard InChI is InChI=1S/C19H29ClN4OS/c1-4-5-6-21-17(25)13-23-7-9-24(10-8-23)19(26)22-18-15(3)11-14(2)12-16(18)20/h11-12H,4-10,13H2,1-3H3,(H,21,25)(H,22,26). The summed E-state index contributed by atoms with van der Waals surface area (Å²) in [7, 11) is 0. The summed E-state index contributed by atoms with van der Waals surface area (Å²) in [6, 6.07) is 4.03. The Bertz CT molecular complexity index is 621. The number of benzene rings is 1. The van der Waals surface area contributed by atoms with Gasteiger partial charge in [-0.1, -0.05) is 31.0 Å². The van der Waals surface area contributed by atoms with Gasteiger partial charge in [0.15, 0.2) is 5.11 Å². The van der Waals surface area contributed by atoms with Crippen molar-refractivity contribution in [2.75, 3.05) is 44.6 Å². The van der Waals surface area contributed by atoms with Crippen LogP contribution in [0.1, 0.15) is 30.9 Å². The van der Waals surface area contributed by atoms with Crippen LogP contribution in [-0.4, -0.2) is 60.1 Å². The summed E-state index contributed by atoms with van der Waals surface area (Å²) in [6.45, 7) is 10.6. The number of hydrogen-bond acceptors (Lipinski definition) is 3. The van der Waals surface area contributed by atoms with E-state index in [1.165, 1.54) is 0 Å². The van der Waals surface area contributed by atoms with Crippen molar-refractivity contribution in [1.82, 2.24) is 15.1 Å². The number of halogens is 1. The molecule has 5 nitrogen and oxygen atoms in total. The number of unbranched alkanes of at least 4 members (excludes halogenated alkanes) is 1. The summed E-state index contributed by atoms with van der Waals surface area (Å²) in [6.07, 6.45) is 2.12. The van der Waals surface area contributed by atoms with Crippen molar-refractivity contribution in [3.8, 4) is 0 Å². The molecule has 1 aromatic rings. The van der Waals surface area contributed by atoms with E-state index in [1.807, 2.05) is 19.9 Å². The van der Waals surface area contributed by atoms with Gasteiger partial charge in [0, 0.05) is 32.7 Å². The van der Waals surface area contributed by atoms with Crippen molar-refractivity contribution in [3.05, 3.63) is 28.3 Å². The van der Waals surface area contributed by atoms with Crippen LogP contribution in [0.15, 0.2) is 12.1 Å². The van der Waals surface area contributed by atoms with Gasteiger partial charge in [-0.05, 0) is 49.7 Å². The summed E-state index contributed by atoms with van der Waals surface area (Å²) in [5.74, 6) is 0.106. The SMILES string of the molecule is CCCCNC(=O)CN1CCN(C(=S)Nc2c(C)cc(C)cc2Cl)CC1. The maximum Gasteiger partial charge on any atom is 0.234 e. The lowest BCUT2D eigenvalue weighted by Crippen LogP contribution is -2.52. The number of anilines is 1. The molecular formula is C19H29ClN4OS. The first kappa shape index (κ1) is 20.9. The topological polar surface area (TPSA) is 47.6 Å². The lowest BCUT2D eigenvalue weighted by Gasteiger charge is -2.36. The molecule has 1 amide bonds. The Morgan fingerprint density at radius 3 is 2.54 bits per heavy atom. The number of carbonyl (C=O) groups is 1. The van der Waals surface area contributed by atoms with E-state index in [0.717, 1.165) is 62.4 Å². The van der Waals surface area contributed by atoms with Crippen molar-refractivity contribution in [2.24, 2.45) is 0 Å². The Kier molecular flexibility index (Phi) is 8.13. The first-order chi connectivity index (χ1) is 12.4. The minimum atomic E-state index is 0.106. The van der Waals surface area contributed by atoms with Crippen molar-refractivity contribution in [2.45, 2.75) is 33.6 Å². The molecule has 0 unspecified atom stereocenters. The molecule has 2 N–H and O–H groups in total. The first-order valence-corrected chi connectivity index (χ1v) is 10.0. The zero-order chi connectivity index (χ0) is 19.1. The predicted molar refractivity (Wildman–Crippen MR) is 113 cm³/mol. The number of rotatable bonds is 6. The molecule has 1 fully saturated rings. The Morgan fingerprint density at radius 2 is 1.92 bits per heavy atom. The number of nitrogens with zero attached hydrogens (tertiary/aromatic N) is 2. The molecule has 144 valence electrons. The molecule has 1 aromatic carbocycles. The largest absolute Gasteiger partial charge is 0.355 e. The lowest BCUT2D eigenvalue weighted by molar-refractivity contribution is -0.122. The molecule has 0 radical (unpaired) electrons. The third kappa shape index (κ3) is 6.11. The molecular weight excluding hydrogens is 368 g/mol. The van der Waals surface area contributed by atoms with E-state index in [9.17, 15) is 4.79 Å². The van der Waals surface area contributed by atoms with Gasteiger partial charge >= 0.3 is 0 Å². The van der Waals surface area contributed by atoms with Gasteiger partial charge in [-0.25, -0.2) is 0 Å². The Hall–Kier alpha value is -1.37. The summed E-state index contributed by atoms with van der Waals surface area (Å²) < 4.78 is 0. The average Bonchev–Trinajstić information content (AvgIpc) is 2.58. The number of hydrogen-bond donors (Lipinski definition) is 2. The van der Waals surface area contributed by atoms with Crippen LogP contribution in [0.4, 0.5) is 5.69 Å². The molecule has 7 heteroatoms. The van der Waals surface area contributed by atoms with E-state index >= 15 is 0 Å². The summed E-state index contributed by atoms with van der Waals surface area (Å²) in [5.41, 5.74) is 3.09. The molecule has 0 spiro atoms. The number of aryl methyl sites for hydroxylation is 2. The second-order valence-corrected chi connectivity index (χ2v) is 7.63. The molecule has 1 aliphatic rings. The smallest absolute Gasteiger partial charge is 0.234 e. The molecule has 0 saturated carbocycles. The summed E-state index contributed by atoms with van der Waals surface area (Å²) in [4.78, 5) is 16.2. The monoisotopic (exact) mass is 396 g/mol. The van der Waals surface area contributed by atoms with E-state index in [4.69, 9.17) is 23.8 Å². The second kappa shape index (κ2) is 10.1. The molecule has 0 bridgehead atoms. The van der Waals surface area contributed by atoms with Gasteiger partial charge in [-0.15, -0.1) is 0 Å². The van der Waals surface area contributed by atoms with Crippen LogP contribution < -0.4 is 10.6 Å². The van der Waals surface area contributed by atoms with Gasteiger partial charge in [-0.3, -0.25) is 9.69 Å². The predicted octanol–water partition coefficient (Wildman–Crippen LogP) is 3.19. The van der Waals surface area contributed by atoms with Crippen molar-refractivity contribution in [1.29, 1.82) is 0 Å². The quantitative estimate of drug-likeness (QED) is 0.571. The maximum absolute atomic E-state index is 11.9. The fourth-order valence-electron chi connectivity index (χ4n) is 3.03. The number of amides is 1. The molecule has 0 aliphatic carbocycles. The minimum absolute atomic E-state index is 0.106. The maximum atomic E-state index is 11.9. The Labute approximate surface area is 167 Å². The fraction of sp³-hybridized carbons (Fsp3) is 0.579. The highest BCUT2D eigenvalue weighted by atomic mass is 35.5. The van der Waals surface area contributed by atoms with Crippen LogP contribution in [0.3, 0.4) is 0 Å². The average molecular weight is 397 g/mol. The molecule has 1 saturated heterocycles. The van der Waals surface area contributed by atoms with E-state index in [0.29, 0.717) is 16.7 Å². The van der Waals surface area contributed by atoms with Crippen molar-refractivity contribution < 1.29 is 4.79 Å². The van der Waals surface area contributed by atoms with Crippen molar-refractivity contribution >= 4 is 40.5 Å². The van der Waals surface area contributed by atoms with Crippen LogP contribution >= 0.6 is 23.8 Å².